The zero-order chi connectivity index (χ0) is 31.8. The predicted octanol–water partition coefficient (Wildman–Crippen LogP) is 6.60. The lowest BCUT2D eigenvalue weighted by molar-refractivity contribution is -0.155. The molecule has 0 aliphatic rings. The highest BCUT2D eigenvalue weighted by Crippen LogP contribution is 2.33. The molecule has 1 rings (SSSR count). The van der Waals surface area contributed by atoms with Crippen LogP contribution in [0.3, 0.4) is 0 Å². The zero-order valence-electron chi connectivity index (χ0n) is 26.6. The molecule has 0 radical (unpaired) electrons. The molecule has 3 N–H and O–H groups in total. The van der Waals surface area contributed by atoms with Crippen molar-refractivity contribution in [3.05, 3.63) is 24.3 Å². The maximum Gasteiger partial charge on any atom is 0.308 e. The Labute approximate surface area is 253 Å². The lowest BCUT2D eigenvalue weighted by Crippen LogP contribution is -2.36. The van der Waals surface area contributed by atoms with E-state index >= 15 is 0 Å². The van der Waals surface area contributed by atoms with E-state index in [1.54, 1.807) is 13.8 Å². The molecule has 0 bridgehead atoms. The van der Waals surface area contributed by atoms with Crippen molar-refractivity contribution in [2.24, 2.45) is 28.3 Å². The van der Waals surface area contributed by atoms with E-state index in [0.717, 1.165) is 19.3 Å². The molecule has 240 valence electrons. The second kappa shape index (κ2) is 18.9. The van der Waals surface area contributed by atoms with Crippen molar-refractivity contribution in [1.82, 2.24) is 0 Å². The first-order chi connectivity index (χ1) is 19.8. The molecule has 0 fully saturated rings. The van der Waals surface area contributed by atoms with Gasteiger partial charge in [0.1, 0.15) is 0 Å². The van der Waals surface area contributed by atoms with E-state index in [2.05, 4.69) is 19.2 Å². The van der Waals surface area contributed by atoms with E-state index in [-0.39, 0.29) is 35.5 Å². The third-order valence-corrected chi connectivity index (χ3v) is 8.67. The van der Waals surface area contributed by atoms with Crippen LogP contribution in [0.1, 0.15) is 112 Å². The Balaban J connectivity index is 3.02. The minimum atomic E-state index is -3.85. The monoisotopic (exact) mass is 610 g/mol. The molecule has 3 atom stereocenters. The van der Waals surface area contributed by atoms with Crippen molar-refractivity contribution in [3.63, 3.8) is 0 Å². The molecule has 0 saturated carbocycles. The SMILES string of the molecule is CCCCCCCC(CC)COC(=O)C(CC(CC)C(=O)OCCC)CC(C)(C)C(=O)Nc1ccc(S(N)(=O)=O)cc1. The lowest BCUT2D eigenvalue weighted by atomic mass is 9.78. The summed E-state index contributed by atoms with van der Waals surface area (Å²) in [7, 11) is -3.85. The number of carbonyl (C=O) groups is 3. The van der Waals surface area contributed by atoms with Gasteiger partial charge in [-0.25, -0.2) is 13.6 Å². The molecule has 0 spiro atoms. The summed E-state index contributed by atoms with van der Waals surface area (Å²) in [6.45, 7) is 12.2. The van der Waals surface area contributed by atoms with Crippen LogP contribution in [-0.4, -0.2) is 39.5 Å². The maximum absolute atomic E-state index is 13.5. The summed E-state index contributed by atoms with van der Waals surface area (Å²) in [5.74, 6) is -1.99. The maximum atomic E-state index is 13.5. The number of hydrogen-bond donors (Lipinski definition) is 2. The average Bonchev–Trinajstić information content (AvgIpc) is 2.94. The van der Waals surface area contributed by atoms with Crippen LogP contribution in [0.2, 0.25) is 0 Å². The Bertz CT molecular complexity index is 1070. The summed E-state index contributed by atoms with van der Waals surface area (Å²) in [5, 5.41) is 7.96. The van der Waals surface area contributed by atoms with Crippen molar-refractivity contribution in [2.75, 3.05) is 18.5 Å². The van der Waals surface area contributed by atoms with Crippen molar-refractivity contribution in [2.45, 2.75) is 117 Å². The molecule has 42 heavy (non-hydrogen) atoms. The number of hydrogen-bond acceptors (Lipinski definition) is 7. The van der Waals surface area contributed by atoms with E-state index in [1.807, 2.05) is 13.8 Å². The fourth-order valence-electron chi connectivity index (χ4n) is 4.85. The summed E-state index contributed by atoms with van der Waals surface area (Å²) in [6.07, 6.45) is 9.43. The molecule has 1 amide bonds. The van der Waals surface area contributed by atoms with Crippen LogP contribution in [0, 0.1) is 23.2 Å². The van der Waals surface area contributed by atoms with Gasteiger partial charge in [-0.05, 0) is 62.3 Å². The van der Waals surface area contributed by atoms with Crippen LogP contribution in [0.4, 0.5) is 5.69 Å². The summed E-state index contributed by atoms with van der Waals surface area (Å²) in [5.41, 5.74) is -0.601. The van der Waals surface area contributed by atoms with Crippen LogP contribution < -0.4 is 10.5 Å². The largest absolute Gasteiger partial charge is 0.465 e. The highest BCUT2D eigenvalue weighted by Gasteiger charge is 2.37. The lowest BCUT2D eigenvalue weighted by Gasteiger charge is -2.29. The van der Waals surface area contributed by atoms with Gasteiger partial charge >= 0.3 is 11.9 Å². The molecular weight excluding hydrogens is 556 g/mol. The van der Waals surface area contributed by atoms with Gasteiger partial charge in [0.15, 0.2) is 0 Å². The first kappa shape index (κ1) is 37.6. The Morgan fingerprint density at radius 1 is 0.857 bits per heavy atom. The third kappa shape index (κ3) is 13.7. The summed E-state index contributed by atoms with van der Waals surface area (Å²) >= 11 is 0. The van der Waals surface area contributed by atoms with Crippen molar-refractivity contribution in [3.8, 4) is 0 Å². The van der Waals surface area contributed by atoms with Crippen LogP contribution in [0.25, 0.3) is 0 Å². The second-order valence-electron chi connectivity index (χ2n) is 11.9. The summed E-state index contributed by atoms with van der Waals surface area (Å²) < 4.78 is 34.3. The van der Waals surface area contributed by atoms with Gasteiger partial charge in [-0.2, -0.15) is 0 Å². The van der Waals surface area contributed by atoms with Crippen molar-refractivity contribution < 1.29 is 32.3 Å². The standard InChI is InChI=1S/C32H54N2O7S/c1-7-11-12-13-14-15-24(9-3)23-41-30(36)26(21-25(10-4)29(35)40-20-8-2)22-32(5,6)31(37)34-27-16-18-28(19-17-27)42(33,38)39/h16-19,24-26H,7-15,20-23H2,1-6H3,(H,34,37)(H2,33,38,39). The van der Waals surface area contributed by atoms with Crippen LogP contribution in [0.15, 0.2) is 29.2 Å². The molecule has 0 aliphatic carbocycles. The number of amides is 1. The third-order valence-electron chi connectivity index (χ3n) is 7.74. The number of unbranched alkanes of at least 4 members (excludes halogenated alkanes) is 4. The first-order valence-corrected chi connectivity index (χ1v) is 17.1. The normalized spacial score (nSPS) is 14.1. The van der Waals surface area contributed by atoms with Crippen molar-refractivity contribution in [1.29, 1.82) is 0 Å². The molecular formula is C32H54N2O7S. The Hall–Kier alpha value is -2.46. The average molecular weight is 611 g/mol. The smallest absolute Gasteiger partial charge is 0.308 e. The van der Waals surface area contributed by atoms with E-state index in [9.17, 15) is 22.8 Å². The second-order valence-corrected chi connectivity index (χ2v) is 13.5. The minimum absolute atomic E-state index is 0.0607. The van der Waals surface area contributed by atoms with E-state index in [1.165, 1.54) is 49.9 Å². The number of primary sulfonamides is 1. The number of carbonyl (C=O) groups excluding carboxylic acids is 3. The molecule has 1 aromatic rings. The van der Waals surface area contributed by atoms with Crippen LogP contribution in [-0.2, 0) is 33.9 Å². The van der Waals surface area contributed by atoms with Gasteiger partial charge in [-0.3, -0.25) is 14.4 Å². The molecule has 0 aliphatic heterocycles. The Kier molecular flexibility index (Phi) is 16.9. The van der Waals surface area contributed by atoms with Gasteiger partial charge in [-0.15, -0.1) is 0 Å². The van der Waals surface area contributed by atoms with E-state index < -0.39 is 33.2 Å². The number of esters is 2. The summed E-state index contributed by atoms with van der Waals surface area (Å²) in [6, 6.07) is 5.56. The number of benzene rings is 1. The van der Waals surface area contributed by atoms with Gasteiger partial charge in [0.05, 0.1) is 29.9 Å². The Morgan fingerprint density at radius 2 is 1.48 bits per heavy atom. The topological polar surface area (TPSA) is 142 Å². The number of nitrogens with one attached hydrogen (secondary N) is 1. The zero-order valence-corrected chi connectivity index (χ0v) is 27.4. The number of sulfonamides is 1. The van der Waals surface area contributed by atoms with Crippen LogP contribution >= 0.6 is 0 Å². The Morgan fingerprint density at radius 3 is 2.02 bits per heavy atom. The number of nitrogens with two attached hydrogens (primary N) is 1. The quantitative estimate of drug-likeness (QED) is 0.118. The van der Waals surface area contributed by atoms with Gasteiger partial charge in [0.25, 0.3) is 0 Å². The van der Waals surface area contributed by atoms with Gasteiger partial charge in [-0.1, -0.05) is 80.1 Å². The first-order valence-electron chi connectivity index (χ1n) is 15.6. The van der Waals surface area contributed by atoms with Crippen LogP contribution in [0.5, 0.6) is 0 Å². The molecule has 0 saturated heterocycles. The molecule has 0 heterocycles. The fraction of sp³-hybridized carbons (Fsp3) is 0.719. The molecule has 9 nitrogen and oxygen atoms in total. The highest BCUT2D eigenvalue weighted by atomic mass is 32.2. The summed E-state index contributed by atoms with van der Waals surface area (Å²) in [4.78, 5) is 39.5. The fourth-order valence-corrected chi connectivity index (χ4v) is 5.37. The number of ether oxygens (including phenoxy) is 2. The highest BCUT2D eigenvalue weighted by molar-refractivity contribution is 7.89. The van der Waals surface area contributed by atoms with E-state index in [4.69, 9.17) is 14.6 Å². The number of rotatable bonds is 21. The molecule has 3 unspecified atom stereocenters. The van der Waals surface area contributed by atoms with E-state index in [0.29, 0.717) is 31.7 Å². The van der Waals surface area contributed by atoms with Gasteiger partial charge < -0.3 is 14.8 Å². The molecule has 10 heteroatoms. The molecule has 0 aromatic heterocycles. The molecule has 1 aromatic carbocycles. The van der Waals surface area contributed by atoms with Gasteiger partial charge in [0.2, 0.25) is 15.9 Å². The van der Waals surface area contributed by atoms with Gasteiger partial charge in [0, 0.05) is 11.1 Å². The number of anilines is 1. The minimum Gasteiger partial charge on any atom is -0.465 e. The predicted molar refractivity (Wildman–Crippen MR) is 166 cm³/mol. The van der Waals surface area contributed by atoms with Crippen molar-refractivity contribution >= 4 is 33.6 Å².